The zero-order valence-electron chi connectivity index (χ0n) is 10.8. The standard InChI is InChI=1S/C13H25NO2/c1-12(2)10(8-11(12)15)14-9-13(4-5-13)6-7-16-3/h10-11,14-15H,4-9H2,1-3H3. The summed E-state index contributed by atoms with van der Waals surface area (Å²) in [5, 5.41) is 13.3. The van der Waals surface area contributed by atoms with Crippen molar-refractivity contribution in [2.45, 2.75) is 51.7 Å². The number of aliphatic hydroxyl groups excluding tert-OH is 1. The van der Waals surface area contributed by atoms with E-state index in [1.807, 2.05) is 0 Å². The molecule has 3 heteroatoms. The molecule has 94 valence electrons. The van der Waals surface area contributed by atoms with Crippen molar-refractivity contribution in [2.75, 3.05) is 20.3 Å². The maximum Gasteiger partial charge on any atom is 0.0621 e. The second-order valence-corrected chi connectivity index (χ2v) is 6.25. The van der Waals surface area contributed by atoms with Crippen LogP contribution in [0.25, 0.3) is 0 Å². The number of ether oxygens (including phenoxy) is 1. The van der Waals surface area contributed by atoms with Crippen LogP contribution in [0.1, 0.15) is 39.5 Å². The van der Waals surface area contributed by atoms with Gasteiger partial charge in [-0.05, 0) is 31.1 Å². The Bertz CT molecular complexity index is 248. The third kappa shape index (κ3) is 2.27. The van der Waals surface area contributed by atoms with Crippen molar-refractivity contribution in [3.63, 3.8) is 0 Å². The van der Waals surface area contributed by atoms with Crippen molar-refractivity contribution in [3.05, 3.63) is 0 Å². The lowest BCUT2D eigenvalue weighted by Gasteiger charge is -2.50. The highest BCUT2D eigenvalue weighted by Gasteiger charge is 2.49. The van der Waals surface area contributed by atoms with Crippen molar-refractivity contribution in [1.29, 1.82) is 0 Å². The number of rotatable bonds is 6. The topological polar surface area (TPSA) is 41.5 Å². The van der Waals surface area contributed by atoms with Gasteiger partial charge < -0.3 is 15.2 Å². The molecule has 0 spiro atoms. The van der Waals surface area contributed by atoms with Gasteiger partial charge in [-0.2, -0.15) is 0 Å². The van der Waals surface area contributed by atoms with Gasteiger partial charge in [-0.25, -0.2) is 0 Å². The Hall–Kier alpha value is -0.120. The molecule has 0 heterocycles. The maximum absolute atomic E-state index is 9.67. The molecule has 0 aromatic heterocycles. The summed E-state index contributed by atoms with van der Waals surface area (Å²) in [5.41, 5.74) is 0.559. The Morgan fingerprint density at radius 2 is 2.06 bits per heavy atom. The first-order valence-corrected chi connectivity index (χ1v) is 6.41. The highest BCUT2D eigenvalue weighted by Crippen LogP contribution is 2.49. The summed E-state index contributed by atoms with van der Waals surface area (Å²) in [6.45, 7) is 6.26. The van der Waals surface area contributed by atoms with Crippen LogP contribution in [0.2, 0.25) is 0 Å². The van der Waals surface area contributed by atoms with E-state index in [4.69, 9.17) is 4.74 Å². The molecule has 2 aliphatic carbocycles. The van der Waals surface area contributed by atoms with E-state index >= 15 is 0 Å². The molecule has 0 saturated heterocycles. The lowest BCUT2D eigenvalue weighted by Crippen LogP contribution is -2.60. The van der Waals surface area contributed by atoms with Gasteiger partial charge in [0.15, 0.2) is 0 Å². The summed E-state index contributed by atoms with van der Waals surface area (Å²) in [6.07, 6.45) is 4.62. The van der Waals surface area contributed by atoms with E-state index in [1.54, 1.807) is 7.11 Å². The molecular weight excluding hydrogens is 202 g/mol. The van der Waals surface area contributed by atoms with Crippen LogP contribution < -0.4 is 5.32 Å². The largest absolute Gasteiger partial charge is 0.392 e. The fourth-order valence-corrected chi connectivity index (χ4v) is 2.60. The second kappa shape index (κ2) is 4.28. The van der Waals surface area contributed by atoms with E-state index in [0.29, 0.717) is 11.5 Å². The van der Waals surface area contributed by atoms with Gasteiger partial charge in [-0.15, -0.1) is 0 Å². The molecular formula is C13H25NO2. The van der Waals surface area contributed by atoms with Crippen molar-refractivity contribution < 1.29 is 9.84 Å². The summed E-state index contributed by atoms with van der Waals surface area (Å²) in [4.78, 5) is 0. The smallest absolute Gasteiger partial charge is 0.0621 e. The van der Waals surface area contributed by atoms with Gasteiger partial charge in [-0.1, -0.05) is 13.8 Å². The lowest BCUT2D eigenvalue weighted by molar-refractivity contribution is -0.0738. The molecule has 0 amide bonds. The van der Waals surface area contributed by atoms with E-state index in [2.05, 4.69) is 19.2 Å². The van der Waals surface area contributed by atoms with Crippen LogP contribution in [0.4, 0.5) is 0 Å². The van der Waals surface area contributed by atoms with Crippen molar-refractivity contribution in [2.24, 2.45) is 10.8 Å². The van der Waals surface area contributed by atoms with Gasteiger partial charge in [0.1, 0.15) is 0 Å². The minimum Gasteiger partial charge on any atom is -0.392 e. The molecule has 0 aromatic rings. The summed E-state index contributed by atoms with van der Waals surface area (Å²) in [5.74, 6) is 0. The highest BCUT2D eigenvalue weighted by atomic mass is 16.5. The quantitative estimate of drug-likeness (QED) is 0.723. The molecule has 2 rings (SSSR count). The number of hydrogen-bond donors (Lipinski definition) is 2. The van der Waals surface area contributed by atoms with Gasteiger partial charge in [0.2, 0.25) is 0 Å². The Balaban J connectivity index is 1.72. The molecule has 0 aromatic carbocycles. The van der Waals surface area contributed by atoms with Crippen LogP contribution >= 0.6 is 0 Å². The molecule has 2 atom stereocenters. The number of aliphatic hydroxyl groups is 1. The fraction of sp³-hybridized carbons (Fsp3) is 1.00. The fourth-order valence-electron chi connectivity index (χ4n) is 2.60. The minimum absolute atomic E-state index is 0.0529. The predicted molar refractivity (Wildman–Crippen MR) is 64.4 cm³/mol. The molecule has 0 radical (unpaired) electrons. The third-order valence-electron chi connectivity index (χ3n) is 4.73. The van der Waals surface area contributed by atoms with Gasteiger partial charge in [0.25, 0.3) is 0 Å². The number of nitrogens with one attached hydrogen (secondary N) is 1. The monoisotopic (exact) mass is 227 g/mol. The molecule has 2 N–H and O–H groups in total. The van der Waals surface area contributed by atoms with E-state index in [1.165, 1.54) is 19.3 Å². The van der Waals surface area contributed by atoms with E-state index in [-0.39, 0.29) is 11.5 Å². The third-order valence-corrected chi connectivity index (χ3v) is 4.73. The summed E-state index contributed by atoms with van der Waals surface area (Å²) in [6, 6.07) is 0.488. The maximum atomic E-state index is 9.67. The Morgan fingerprint density at radius 3 is 2.50 bits per heavy atom. The molecule has 16 heavy (non-hydrogen) atoms. The molecule has 3 nitrogen and oxygen atoms in total. The zero-order chi connectivity index (χ0) is 11.8. The van der Waals surface area contributed by atoms with Crippen LogP contribution in [0, 0.1) is 10.8 Å². The molecule has 2 fully saturated rings. The van der Waals surface area contributed by atoms with Crippen molar-refractivity contribution in [3.8, 4) is 0 Å². The molecule has 0 bridgehead atoms. The highest BCUT2D eigenvalue weighted by molar-refractivity contribution is 5.04. The molecule has 2 unspecified atom stereocenters. The normalized spacial score (nSPS) is 34.5. The van der Waals surface area contributed by atoms with Gasteiger partial charge in [0.05, 0.1) is 6.10 Å². The lowest BCUT2D eigenvalue weighted by atomic mass is 9.64. The average Bonchev–Trinajstić information content (AvgIpc) is 3.02. The van der Waals surface area contributed by atoms with Gasteiger partial charge in [-0.3, -0.25) is 0 Å². The van der Waals surface area contributed by atoms with E-state index in [9.17, 15) is 5.11 Å². The molecule has 0 aliphatic heterocycles. The van der Waals surface area contributed by atoms with Crippen LogP contribution in [0.5, 0.6) is 0 Å². The summed E-state index contributed by atoms with van der Waals surface area (Å²) >= 11 is 0. The van der Waals surface area contributed by atoms with E-state index in [0.717, 1.165) is 19.6 Å². The average molecular weight is 227 g/mol. The van der Waals surface area contributed by atoms with Crippen LogP contribution in [0.3, 0.4) is 0 Å². The van der Waals surface area contributed by atoms with Crippen LogP contribution in [-0.2, 0) is 4.74 Å². The molecule has 2 saturated carbocycles. The second-order valence-electron chi connectivity index (χ2n) is 6.25. The van der Waals surface area contributed by atoms with E-state index < -0.39 is 0 Å². The van der Waals surface area contributed by atoms with Crippen molar-refractivity contribution in [1.82, 2.24) is 5.32 Å². The Kier molecular flexibility index (Phi) is 3.30. The number of methoxy groups -OCH3 is 1. The van der Waals surface area contributed by atoms with Crippen LogP contribution in [-0.4, -0.2) is 37.5 Å². The number of hydrogen-bond acceptors (Lipinski definition) is 3. The predicted octanol–water partition coefficient (Wildman–Crippen LogP) is 1.55. The zero-order valence-corrected chi connectivity index (χ0v) is 10.8. The van der Waals surface area contributed by atoms with Crippen molar-refractivity contribution >= 4 is 0 Å². The first-order chi connectivity index (χ1) is 7.50. The van der Waals surface area contributed by atoms with Gasteiger partial charge in [0, 0.05) is 31.7 Å². The SMILES string of the molecule is COCCC1(CNC2CC(O)C2(C)C)CC1. The minimum atomic E-state index is -0.126. The van der Waals surface area contributed by atoms with Crippen LogP contribution in [0.15, 0.2) is 0 Å². The molecule has 2 aliphatic rings. The first kappa shape index (κ1) is 12.3. The first-order valence-electron chi connectivity index (χ1n) is 6.41. The van der Waals surface area contributed by atoms with Gasteiger partial charge >= 0.3 is 0 Å². The Morgan fingerprint density at radius 1 is 1.38 bits per heavy atom. The Labute approximate surface area is 98.6 Å². The summed E-state index contributed by atoms with van der Waals surface area (Å²) < 4.78 is 5.16. The summed E-state index contributed by atoms with van der Waals surface area (Å²) in [7, 11) is 1.77.